The lowest BCUT2D eigenvalue weighted by Gasteiger charge is -2.06. The molecule has 0 radical (unpaired) electrons. The Balaban J connectivity index is 2.42. The first-order valence-corrected chi connectivity index (χ1v) is 6.02. The summed E-state index contributed by atoms with van der Waals surface area (Å²) in [7, 11) is 0. The Hall–Kier alpha value is -1.35. The highest BCUT2D eigenvalue weighted by Crippen LogP contribution is 2.23. The van der Waals surface area contributed by atoms with Gasteiger partial charge in [0.25, 0.3) is 0 Å². The zero-order valence-electron chi connectivity index (χ0n) is 10.2. The zero-order chi connectivity index (χ0) is 12.4. The van der Waals surface area contributed by atoms with E-state index in [-0.39, 0.29) is 0 Å². The topological polar surface area (TPSA) is 38.9 Å². The third kappa shape index (κ3) is 2.86. The summed E-state index contributed by atoms with van der Waals surface area (Å²) in [5, 5.41) is 0.478. The van der Waals surface area contributed by atoms with E-state index in [2.05, 4.69) is 23.8 Å². The summed E-state index contributed by atoms with van der Waals surface area (Å²) in [6.07, 6.45) is 2.53. The van der Waals surface area contributed by atoms with Crippen LogP contribution in [0.25, 0.3) is 11.4 Å². The molecule has 0 aromatic carbocycles. The highest BCUT2D eigenvalue weighted by molar-refractivity contribution is 6.29. The predicted molar refractivity (Wildman–Crippen MR) is 68.0 cm³/mol. The summed E-state index contributed by atoms with van der Waals surface area (Å²) in [6, 6.07) is 3.68. The zero-order valence-corrected chi connectivity index (χ0v) is 11.0. The molecule has 0 N–H and O–H groups in total. The van der Waals surface area contributed by atoms with Crippen molar-refractivity contribution in [3.05, 3.63) is 35.0 Å². The minimum atomic E-state index is 0.478. The van der Waals surface area contributed by atoms with E-state index in [4.69, 9.17) is 16.0 Å². The predicted octanol–water partition coefficient (Wildman–Crippen LogP) is 3.90. The van der Waals surface area contributed by atoms with Gasteiger partial charge >= 0.3 is 0 Å². The van der Waals surface area contributed by atoms with Gasteiger partial charge in [0.1, 0.15) is 10.9 Å². The van der Waals surface area contributed by atoms with Crippen LogP contribution in [0.3, 0.4) is 0 Å². The lowest BCUT2D eigenvalue weighted by molar-refractivity contribution is 0.535. The van der Waals surface area contributed by atoms with E-state index in [0.717, 1.165) is 23.4 Å². The Morgan fingerprint density at radius 2 is 2.12 bits per heavy atom. The van der Waals surface area contributed by atoms with Crippen molar-refractivity contribution in [1.29, 1.82) is 0 Å². The van der Waals surface area contributed by atoms with Crippen LogP contribution in [-0.2, 0) is 6.42 Å². The SMILES string of the molecule is Cc1occc1-c1nc(Cl)cc(CC(C)C)n1. The van der Waals surface area contributed by atoms with Gasteiger partial charge in [0, 0.05) is 5.69 Å². The first kappa shape index (κ1) is 12.1. The standard InChI is InChI=1S/C13H15ClN2O/c1-8(2)6-10-7-12(14)16-13(15-10)11-4-5-17-9(11)3/h4-5,7-8H,6H2,1-3H3. The molecule has 2 heterocycles. The first-order chi connectivity index (χ1) is 8.06. The maximum atomic E-state index is 6.02. The Labute approximate surface area is 106 Å². The lowest BCUT2D eigenvalue weighted by atomic mass is 10.1. The number of hydrogen-bond acceptors (Lipinski definition) is 3. The molecule has 0 fully saturated rings. The van der Waals surface area contributed by atoms with Gasteiger partial charge in [-0.05, 0) is 31.4 Å². The molecule has 3 nitrogen and oxygen atoms in total. The Bertz CT molecular complexity index is 520. The average Bonchev–Trinajstić information content (AvgIpc) is 2.62. The molecule has 90 valence electrons. The van der Waals surface area contributed by atoms with E-state index < -0.39 is 0 Å². The van der Waals surface area contributed by atoms with Crippen molar-refractivity contribution in [2.24, 2.45) is 5.92 Å². The quantitative estimate of drug-likeness (QED) is 0.776. The van der Waals surface area contributed by atoms with Crippen LogP contribution in [0.4, 0.5) is 0 Å². The molecule has 0 aliphatic rings. The molecule has 0 amide bonds. The van der Waals surface area contributed by atoms with Crippen molar-refractivity contribution in [1.82, 2.24) is 9.97 Å². The largest absolute Gasteiger partial charge is 0.469 e. The lowest BCUT2D eigenvalue weighted by Crippen LogP contribution is -2.00. The molecule has 0 atom stereocenters. The normalized spacial score (nSPS) is 11.1. The Morgan fingerprint density at radius 1 is 1.35 bits per heavy atom. The van der Waals surface area contributed by atoms with Gasteiger partial charge in [0.15, 0.2) is 5.82 Å². The maximum Gasteiger partial charge on any atom is 0.164 e. The van der Waals surface area contributed by atoms with Crippen LogP contribution in [-0.4, -0.2) is 9.97 Å². The van der Waals surface area contributed by atoms with E-state index in [1.54, 1.807) is 6.26 Å². The van der Waals surface area contributed by atoms with E-state index >= 15 is 0 Å². The van der Waals surface area contributed by atoms with E-state index in [1.807, 2.05) is 19.1 Å². The van der Waals surface area contributed by atoms with Crippen molar-refractivity contribution >= 4 is 11.6 Å². The first-order valence-electron chi connectivity index (χ1n) is 5.64. The van der Waals surface area contributed by atoms with Gasteiger partial charge in [-0.15, -0.1) is 0 Å². The summed E-state index contributed by atoms with van der Waals surface area (Å²) < 4.78 is 5.26. The molecule has 2 rings (SSSR count). The second kappa shape index (κ2) is 4.88. The Morgan fingerprint density at radius 3 is 2.71 bits per heavy atom. The van der Waals surface area contributed by atoms with Crippen LogP contribution in [0.15, 0.2) is 22.8 Å². The molecule has 2 aromatic rings. The highest BCUT2D eigenvalue weighted by Gasteiger charge is 2.11. The number of nitrogens with zero attached hydrogens (tertiary/aromatic N) is 2. The summed E-state index contributed by atoms with van der Waals surface area (Å²) in [4.78, 5) is 8.76. The number of aromatic nitrogens is 2. The molecule has 0 bridgehead atoms. The summed E-state index contributed by atoms with van der Waals surface area (Å²) in [5.74, 6) is 1.99. The smallest absolute Gasteiger partial charge is 0.164 e. The van der Waals surface area contributed by atoms with Gasteiger partial charge in [-0.1, -0.05) is 25.4 Å². The van der Waals surface area contributed by atoms with Crippen LogP contribution in [0.5, 0.6) is 0 Å². The molecule has 0 unspecified atom stereocenters. The van der Waals surface area contributed by atoms with Crippen LogP contribution >= 0.6 is 11.6 Å². The van der Waals surface area contributed by atoms with Gasteiger partial charge in [0.05, 0.1) is 11.8 Å². The summed E-state index contributed by atoms with van der Waals surface area (Å²) in [6.45, 7) is 6.19. The maximum absolute atomic E-state index is 6.02. The van der Waals surface area contributed by atoms with Gasteiger partial charge < -0.3 is 4.42 Å². The molecule has 0 saturated carbocycles. The second-order valence-corrected chi connectivity index (χ2v) is 4.88. The van der Waals surface area contributed by atoms with Crippen LogP contribution < -0.4 is 0 Å². The van der Waals surface area contributed by atoms with Crippen molar-refractivity contribution < 1.29 is 4.42 Å². The van der Waals surface area contributed by atoms with E-state index in [9.17, 15) is 0 Å². The van der Waals surface area contributed by atoms with Gasteiger partial charge in [-0.2, -0.15) is 0 Å². The van der Waals surface area contributed by atoms with E-state index in [0.29, 0.717) is 16.9 Å². The molecular weight excluding hydrogens is 236 g/mol. The summed E-state index contributed by atoms with van der Waals surface area (Å²) >= 11 is 6.02. The second-order valence-electron chi connectivity index (χ2n) is 4.49. The number of hydrogen-bond donors (Lipinski definition) is 0. The van der Waals surface area contributed by atoms with Crippen molar-refractivity contribution in [2.75, 3.05) is 0 Å². The number of furan rings is 1. The average molecular weight is 251 g/mol. The number of rotatable bonds is 3. The fourth-order valence-electron chi connectivity index (χ4n) is 1.72. The van der Waals surface area contributed by atoms with Gasteiger partial charge in [0.2, 0.25) is 0 Å². The summed E-state index contributed by atoms with van der Waals surface area (Å²) in [5.41, 5.74) is 1.87. The van der Waals surface area contributed by atoms with Crippen molar-refractivity contribution in [3.8, 4) is 11.4 Å². The van der Waals surface area contributed by atoms with Gasteiger partial charge in [-0.25, -0.2) is 9.97 Å². The monoisotopic (exact) mass is 250 g/mol. The van der Waals surface area contributed by atoms with E-state index in [1.165, 1.54) is 0 Å². The molecule has 2 aromatic heterocycles. The van der Waals surface area contributed by atoms with Gasteiger partial charge in [-0.3, -0.25) is 0 Å². The van der Waals surface area contributed by atoms with Crippen molar-refractivity contribution in [3.63, 3.8) is 0 Å². The van der Waals surface area contributed by atoms with Crippen molar-refractivity contribution in [2.45, 2.75) is 27.2 Å². The highest BCUT2D eigenvalue weighted by atomic mass is 35.5. The molecule has 0 aliphatic heterocycles. The fraction of sp³-hybridized carbons (Fsp3) is 0.385. The minimum absolute atomic E-state index is 0.478. The Kier molecular flexibility index (Phi) is 3.48. The van der Waals surface area contributed by atoms with Crippen LogP contribution in [0.1, 0.15) is 25.3 Å². The molecule has 0 aliphatic carbocycles. The molecular formula is C13H15ClN2O. The third-order valence-corrected chi connectivity index (χ3v) is 2.66. The van der Waals surface area contributed by atoms with Crippen LogP contribution in [0, 0.1) is 12.8 Å². The molecule has 0 spiro atoms. The molecule has 17 heavy (non-hydrogen) atoms. The minimum Gasteiger partial charge on any atom is -0.469 e. The number of halogens is 1. The third-order valence-electron chi connectivity index (χ3n) is 2.47. The molecule has 0 saturated heterocycles. The fourth-order valence-corrected chi connectivity index (χ4v) is 1.93. The molecule has 4 heteroatoms. The van der Waals surface area contributed by atoms with Crippen LogP contribution in [0.2, 0.25) is 5.15 Å². The number of aryl methyl sites for hydroxylation is 1.